The molecule has 2 rings (SSSR count). The van der Waals surface area contributed by atoms with Crippen molar-refractivity contribution in [3.8, 4) is 0 Å². The standard InChI is InChI=1S/C14H25NO17S3/c1-4(16)15-7-9(18)11(6(30-13(7)20)3-34(24,25)26)32-14-10(19)12(35(27,28)29)8(17)5(31-14)2-33(21,22)23/h5-14,17-20H,2-3H2,1H3,(H,15,16)(H,21,22,23)(H,24,25,26)(H,27,28,29)/t5-,6-,7-,8+,9-,10-,11-,12+,13-,14+/m1/s1. The second kappa shape index (κ2) is 10.7. The molecule has 0 unspecified atom stereocenters. The Labute approximate surface area is 199 Å². The molecule has 10 atom stereocenters. The van der Waals surface area contributed by atoms with Crippen LogP contribution in [-0.4, -0.2) is 137 Å². The van der Waals surface area contributed by atoms with E-state index in [2.05, 4.69) is 5.32 Å². The maximum atomic E-state index is 11.7. The third kappa shape index (κ3) is 7.95. The molecule has 0 bridgehead atoms. The summed E-state index contributed by atoms with van der Waals surface area (Å²) in [6.07, 6.45) is -17.5. The normalized spacial score (nSPS) is 39.2. The minimum absolute atomic E-state index is 0.805. The van der Waals surface area contributed by atoms with Gasteiger partial charge in [-0.2, -0.15) is 25.3 Å². The maximum absolute atomic E-state index is 11.7. The second-order valence-electron chi connectivity index (χ2n) is 7.88. The van der Waals surface area contributed by atoms with Crippen molar-refractivity contribution in [1.82, 2.24) is 5.32 Å². The molecule has 1 amide bonds. The highest BCUT2D eigenvalue weighted by atomic mass is 32.2. The van der Waals surface area contributed by atoms with Gasteiger partial charge in [0.1, 0.15) is 59.4 Å². The minimum Gasteiger partial charge on any atom is -0.389 e. The first-order valence-electron chi connectivity index (χ1n) is 9.53. The van der Waals surface area contributed by atoms with Gasteiger partial charge in [-0.3, -0.25) is 18.5 Å². The van der Waals surface area contributed by atoms with Crippen LogP contribution in [-0.2, 0) is 49.4 Å². The van der Waals surface area contributed by atoms with Crippen LogP contribution in [0.2, 0.25) is 0 Å². The van der Waals surface area contributed by atoms with E-state index in [1.54, 1.807) is 0 Å². The number of carbonyl (C=O) groups excluding carboxylic acids is 1. The van der Waals surface area contributed by atoms with Crippen LogP contribution in [0.3, 0.4) is 0 Å². The number of aliphatic hydroxyl groups is 4. The number of ether oxygens (including phenoxy) is 3. The molecule has 2 aliphatic heterocycles. The predicted octanol–water partition coefficient (Wildman–Crippen LogP) is -5.57. The Morgan fingerprint density at radius 3 is 1.80 bits per heavy atom. The number of nitrogens with one attached hydrogen (secondary N) is 1. The Morgan fingerprint density at radius 2 is 1.34 bits per heavy atom. The Balaban J connectivity index is 2.46. The van der Waals surface area contributed by atoms with Crippen LogP contribution in [0.5, 0.6) is 0 Å². The lowest BCUT2D eigenvalue weighted by Crippen LogP contribution is -2.68. The number of hydrogen-bond donors (Lipinski definition) is 8. The second-order valence-corrected chi connectivity index (χ2v) is 12.5. The van der Waals surface area contributed by atoms with Crippen LogP contribution in [0.1, 0.15) is 6.92 Å². The summed E-state index contributed by atoms with van der Waals surface area (Å²) in [6, 6.07) is -1.69. The van der Waals surface area contributed by atoms with Crippen molar-refractivity contribution in [2.45, 2.75) is 67.4 Å². The Morgan fingerprint density at radius 1 is 0.829 bits per heavy atom. The molecule has 206 valence electrons. The zero-order valence-corrected chi connectivity index (χ0v) is 20.1. The van der Waals surface area contributed by atoms with Crippen LogP contribution in [0, 0.1) is 0 Å². The first kappa shape index (κ1) is 30.1. The zero-order valence-electron chi connectivity index (χ0n) is 17.6. The summed E-state index contributed by atoms with van der Waals surface area (Å²) in [5, 5.41) is 40.7. The van der Waals surface area contributed by atoms with Crippen molar-refractivity contribution in [3.63, 3.8) is 0 Å². The van der Waals surface area contributed by atoms with Gasteiger partial charge in [0, 0.05) is 6.92 Å². The molecule has 2 saturated heterocycles. The quantitative estimate of drug-likeness (QED) is 0.125. The average molecular weight is 576 g/mol. The largest absolute Gasteiger partial charge is 0.389 e. The van der Waals surface area contributed by atoms with E-state index in [1.807, 2.05) is 0 Å². The summed E-state index contributed by atoms with van der Waals surface area (Å²) >= 11 is 0. The molecule has 8 N–H and O–H groups in total. The van der Waals surface area contributed by atoms with E-state index in [0.29, 0.717) is 0 Å². The topological polar surface area (TPSA) is 301 Å². The third-order valence-electron chi connectivity index (χ3n) is 5.09. The van der Waals surface area contributed by atoms with Crippen molar-refractivity contribution < 1.29 is 78.3 Å². The molecule has 2 fully saturated rings. The molecule has 21 heteroatoms. The van der Waals surface area contributed by atoms with Crippen molar-refractivity contribution in [1.29, 1.82) is 0 Å². The summed E-state index contributed by atoms with van der Waals surface area (Å²) in [4.78, 5) is 11.4. The lowest BCUT2D eigenvalue weighted by Gasteiger charge is -2.46. The van der Waals surface area contributed by atoms with E-state index in [-0.39, 0.29) is 0 Å². The fourth-order valence-corrected chi connectivity index (χ4v) is 6.09. The molecular weight excluding hydrogens is 550 g/mol. The van der Waals surface area contributed by atoms with Crippen molar-refractivity contribution in [2.75, 3.05) is 11.5 Å². The first-order valence-corrected chi connectivity index (χ1v) is 14.3. The summed E-state index contributed by atoms with van der Waals surface area (Å²) < 4.78 is 112. The number of hydrogen-bond acceptors (Lipinski definition) is 14. The van der Waals surface area contributed by atoms with E-state index in [4.69, 9.17) is 23.3 Å². The average Bonchev–Trinajstić information content (AvgIpc) is 2.62. The van der Waals surface area contributed by atoms with E-state index in [1.165, 1.54) is 0 Å². The van der Waals surface area contributed by atoms with Gasteiger partial charge in [0.05, 0.1) is 0 Å². The number of rotatable bonds is 8. The predicted molar refractivity (Wildman–Crippen MR) is 108 cm³/mol. The Kier molecular flexibility index (Phi) is 9.24. The lowest BCUT2D eigenvalue weighted by atomic mass is 9.96. The van der Waals surface area contributed by atoms with E-state index in [0.717, 1.165) is 6.92 Å². The summed E-state index contributed by atoms with van der Waals surface area (Å²) in [5.41, 5.74) is 0. The third-order valence-corrected chi connectivity index (χ3v) is 7.83. The molecule has 0 aromatic rings. The fourth-order valence-electron chi connectivity index (χ4n) is 3.70. The van der Waals surface area contributed by atoms with Gasteiger partial charge >= 0.3 is 0 Å². The molecule has 18 nitrogen and oxygen atoms in total. The lowest BCUT2D eigenvalue weighted by molar-refractivity contribution is -0.320. The van der Waals surface area contributed by atoms with Crippen molar-refractivity contribution in [3.05, 3.63) is 0 Å². The van der Waals surface area contributed by atoms with Crippen LogP contribution in [0.15, 0.2) is 0 Å². The maximum Gasteiger partial charge on any atom is 0.273 e. The van der Waals surface area contributed by atoms with Crippen molar-refractivity contribution >= 4 is 36.3 Å². The highest BCUT2D eigenvalue weighted by Gasteiger charge is 2.55. The highest BCUT2D eigenvalue weighted by molar-refractivity contribution is 7.86. The Bertz CT molecular complexity index is 1090. The van der Waals surface area contributed by atoms with E-state index >= 15 is 0 Å². The number of amides is 1. The van der Waals surface area contributed by atoms with Crippen molar-refractivity contribution in [2.24, 2.45) is 0 Å². The minimum atomic E-state index is -5.34. The van der Waals surface area contributed by atoms with Gasteiger partial charge in [-0.05, 0) is 0 Å². The molecule has 0 spiro atoms. The molecule has 2 heterocycles. The van der Waals surface area contributed by atoms with Crippen LogP contribution in [0.4, 0.5) is 0 Å². The van der Waals surface area contributed by atoms with Crippen LogP contribution >= 0.6 is 0 Å². The summed E-state index contributed by atoms with van der Waals surface area (Å²) in [6.45, 7) is 0.978. The molecule has 0 aliphatic carbocycles. The van der Waals surface area contributed by atoms with Gasteiger partial charge in [-0.15, -0.1) is 0 Å². The van der Waals surface area contributed by atoms with Crippen LogP contribution < -0.4 is 5.32 Å². The zero-order chi connectivity index (χ0) is 27.1. The molecule has 0 aromatic carbocycles. The van der Waals surface area contributed by atoms with Gasteiger partial charge < -0.3 is 40.0 Å². The molecular formula is C14H25NO17S3. The Hall–Kier alpha value is -1.08. The van der Waals surface area contributed by atoms with Gasteiger partial charge in [-0.25, -0.2) is 0 Å². The molecule has 0 saturated carbocycles. The van der Waals surface area contributed by atoms with E-state index in [9.17, 15) is 55.0 Å². The van der Waals surface area contributed by atoms with E-state index < -0.39 is 108 Å². The smallest absolute Gasteiger partial charge is 0.273 e. The van der Waals surface area contributed by atoms with Gasteiger partial charge in [0.25, 0.3) is 30.4 Å². The van der Waals surface area contributed by atoms with Gasteiger partial charge in [0.2, 0.25) is 5.91 Å². The molecule has 0 aromatic heterocycles. The summed E-state index contributed by atoms with van der Waals surface area (Å²) in [7, 11) is -15.2. The molecule has 35 heavy (non-hydrogen) atoms. The number of carbonyl (C=O) groups is 1. The molecule has 0 radical (unpaired) electrons. The summed E-state index contributed by atoms with van der Waals surface area (Å²) in [5.74, 6) is -3.58. The number of aliphatic hydroxyl groups excluding tert-OH is 4. The van der Waals surface area contributed by atoms with Gasteiger partial charge in [-0.1, -0.05) is 0 Å². The SMILES string of the molecule is CC(=O)N[C@@H]1[C@@H](O)[C@H](O[C@@H]2O[C@H](CS(=O)(=O)O)[C@H](O)[C@H](S(=O)(=O)O)[C@H]2O)[C@@H](CS(=O)(=O)O)O[C@H]1O. The molecule has 2 aliphatic rings. The first-order chi connectivity index (χ1) is 15.7. The fraction of sp³-hybridized carbons (Fsp3) is 0.929. The van der Waals surface area contributed by atoms with Gasteiger partial charge in [0.15, 0.2) is 12.6 Å². The highest BCUT2D eigenvalue weighted by Crippen LogP contribution is 2.31. The monoisotopic (exact) mass is 575 g/mol. The van der Waals surface area contributed by atoms with Crippen LogP contribution in [0.25, 0.3) is 0 Å².